The number of hydrogen-bond acceptors (Lipinski definition) is 6. The van der Waals surface area contributed by atoms with Crippen molar-refractivity contribution in [1.29, 1.82) is 0 Å². The van der Waals surface area contributed by atoms with E-state index >= 15 is 0 Å². The lowest BCUT2D eigenvalue weighted by molar-refractivity contribution is -0.136. The summed E-state index contributed by atoms with van der Waals surface area (Å²) in [5.74, 6) is -3.33. The highest BCUT2D eigenvalue weighted by Crippen LogP contribution is 2.30. The molecule has 25 heavy (non-hydrogen) atoms. The second-order valence-corrected chi connectivity index (χ2v) is 5.11. The second-order valence-electron chi connectivity index (χ2n) is 5.11. The van der Waals surface area contributed by atoms with E-state index in [4.69, 9.17) is 9.84 Å². The van der Waals surface area contributed by atoms with Gasteiger partial charge in [-0.25, -0.2) is 0 Å². The topological polar surface area (TPSA) is 133 Å². The van der Waals surface area contributed by atoms with E-state index in [1.807, 2.05) is 0 Å². The molecule has 0 unspecified atom stereocenters. The van der Waals surface area contributed by atoms with Gasteiger partial charge in [0.25, 0.3) is 5.91 Å². The van der Waals surface area contributed by atoms with Crippen LogP contribution in [-0.4, -0.2) is 33.2 Å². The standard InChI is InChI=1S/C17H15NO7/c1-9(19)25-15-5-3-2-4-12(15)18-17(24)11-8-13(20)10(6-14(11)21)7-16(22)23/h2-6,8,20-21H,7H2,1H3,(H,18,24)(H,22,23). The van der Waals surface area contributed by atoms with Gasteiger partial charge in [-0.1, -0.05) is 12.1 Å². The Hall–Kier alpha value is -3.55. The van der Waals surface area contributed by atoms with Crippen LogP contribution in [0, 0.1) is 0 Å². The van der Waals surface area contributed by atoms with Gasteiger partial charge in [0.05, 0.1) is 17.7 Å². The number of carboxylic acid groups (broad SMARTS) is 1. The fourth-order valence-electron chi connectivity index (χ4n) is 2.11. The molecule has 0 atom stereocenters. The van der Waals surface area contributed by atoms with Crippen LogP contribution in [0.5, 0.6) is 17.2 Å². The van der Waals surface area contributed by atoms with Crippen LogP contribution in [-0.2, 0) is 16.0 Å². The summed E-state index contributed by atoms with van der Waals surface area (Å²) >= 11 is 0. The number of nitrogens with one attached hydrogen (secondary N) is 1. The second kappa shape index (κ2) is 7.35. The summed E-state index contributed by atoms with van der Waals surface area (Å²) in [6, 6.07) is 8.16. The lowest BCUT2D eigenvalue weighted by Crippen LogP contribution is -2.14. The van der Waals surface area contributed by atoms with Crippen LogP contribution in [0.2, 0.25) is 0 Å². The summed E-state index contributed by atoms with van der Waals surface area (Å²) in [5, 5.41) is 31.0. The molecule has 2 rings (SSSR count). The smallest absolute Gasteiger partial charge is 0.308 e. The number of aliphatic carboxylic acids is 1. The minimum Gasteiger partial charge on any atom is -0.508 e. The van der Waals surface area contributed by atoms with Gasteiger partial charge in [-0.3, -0.25) is 14.4 Å². The molecule has 8 heteroatoms. The lowest BCUT2D eigenvalue weighted by atomic mass is 10.1. The van der Waals surface area contributed by atoms with Crippen molar-refractivity contribution in [2.75, 3.05) is 5.32 Å². The number of carbonyl (C=O) groups excluding carboxylic acids is 2. The third-order valence-corrected chi connectivity index (χ3v) is 3.17. The maximum absolute atomic E-state index is 12.3. The Balaban J connectivity index is 2.29. The van der Waals surface area contributed by atoms with Gasteiger partial charge in [0.1, 0.15) is 11.5 Å². The first-order valence-corrected chi connectivity index (χ1v) is 7.13. The van der Waals surface area contributed by atoms with Gasteiger partial charge >= 0.3 is 11.9 Å². The summed E-state index contributed by atoms with van der Waals surface area (Å²) in [6.07, 6.45) is -0.503. The fraction of sp³-hybridized carbons (Fsp3) is 0.118. The van der Waals surface area contributed by atoms with E-state index in [-0.39, 0.29) is 22.6 Å². The van der Waals surface area contributed by atoms with Crippen LogP contribution >= 0.6 is 0 Å². The summed E-state index contributed by atoms with van der Waals surface area (Å²) < 4.78 is 4.97. The first kappa shape index (κ1) is 17.8. The zero-order valence-electron chi connectivity index (χ0n) is 13.1. The van der Waals surface area contributed by atoms with Gasteiger partial charge in [-0.2, -0.15) is 0 Å². The molecule has 1 amide bonds. The molecule has 8 nitrogen and oxygen atoms in total. The number of hydrogen-bond donors (Lipinski definition) is 4. The molecule has 0 saturated carbocycles. The van der Waals surface area contributed by atoms with Gasteiger partial charge in [-0.05, 0) is 24.3 Å². The van der Waals surface area contributed by atoms with Gasteiger partial charge < -0.3 is 25.4 Å². The average Bonchev–Trinajstić information content (AvgIpc) is 2.51. The van der Waals surface area contributed by atoms with E-state index in [1.165, 1.54) is 19.1 Å². The van der Waals surface area contributed by atoms with E-state index in [0.29, 0.717) is 0 Å². The number of carboxylic acids is 1. The maximum Gasteiger partial charge on any atom is 0.308 e. The number of para-hydroxylation sites is 2. The molecule has 2 aromatic carbocycles. The SMILES string of the molecule is CC(=O)Oc1ccccc1NC(=O)c1cc(O)c(CC(=O)O)cc1O. The Morgan fingerprint density at radius 3 is 2.40 bits per heavy atom. The average molecular weight is 345 g/mol. The molecule has 0 heterocycles. The summed E-state index contributed by atoms with van der Waals surface area (Å²) in [6.45, 7) is 1.21. The van der Waals surface area contributed by atoms with E-state index in [2.05, 4.69) is 5.32 Å². The number of anilines is 1. The number of benzene rings is 2. The number of phenols is 2. The quantitative estimate of drug-likeness (QED) is 0.369. The third-order valence-electron chi connectivity index (χ3n) is 3.17. The van der Waals surface area contributed by atoms with Crippen LogP contribution in [0.3, 0.4) is 0 Å². The van der Waals surface area contributed by atoms with Crippen molar-refractivity contribution in [1.82, 2.24) is 0 Å². The van der Waals surface area contributed by atoms with Gasteiger partial charge in [-0.15, -0.1) is 0 Å². The van der Waals surface area contributed by atoms with Crippen LogP contribution in [0.25, 0.3) is 0 Å². The molecule has 130 valence electrons. The van der Waals surface area contributed by atoms with Gasteiger partial charge in [0.2, 0.25) is 0 Å². The van der Waals surface area contributed by atoms with Crippen molar-refractivity contribution >= 4 is 23.5 Å². The summed E-state index contributed by atoms with van der Waals surface area (Å²) in [5.41, 5.74) is -0.0951. The summed E-state index contributed by atoms with van der Waals surface area (Å²) in [7, 11) is 0. The van der Waals surface area contributed by atoms with E-state index < -0.39 is 35.8 Å². The predicted molar refractivity (Wildman–Crippen MR) is 86.8 cm³/mol. The monoisotopic (exact) mass is 345 g/mol. The minimum atomic E-state index is -1.19. The first-order valence-electron chi connectivity index (χ1n) is 7.13. The number of aromatic hydroxyl groups is 2. The van der Waals surface area contributed by atoms with Crippen molar-refractivity contribution in [3.05, 3.63) is 47.5 Å². The van der Waals surface area contributed by atoms with Crippen LogP contribution in [0.1, 0.15) is 22.8 Å². The zero-order chi connectivity index (χ0) is 18.6. The number of ether oxygens (including phenoxy) is 1. The first-order chi connectivity index (χ1) is 11.8. The molecule has 0 fully saturated rings. The zero-order valence-corrected chi connectivity index (χ0v) is 13.1. The van der Waals surface area contributed by atoms with Gasteiger partial charge in [0.15, 0.2) is 5.75 Å². The van der Waals surface area contributed by atoms with Crippen molar-refractivity contribution in [2.24, 2.45) is 0 Å². The van der Waals surface area contributed by atoms with Crippen molar-refractivity contribution in [2.45, 2.75) is 13.3 Å². The Morgan fingerprint density at radius 2 is 1.76 bits per heavy atom. The number of esters is 1. The van der Waals surface area contributed by atoms with E-state index in [1.54, 1.807) is 12.1 Å². The summed E-state index contributed by atoms with van der Waals surface area (Å²) in [4.78, 5) is 34.1. The molecular weight excluding hydrogens is 330 g/mol. The number of carbonyl (C=O) groups is 3. The molecule has 4 N–H and O–H groups in total. The molecular formula is C17H15NO7. The van der Waals surface area contributed by atoms with Crippen molar-refractivity contribution in [3.63, 3.8) is 0 Å². The van der Waals surface area contributed by atoms with Crippen LogP contribution in [0.15, 0.2) is 36.4 Å². The number of amides is 1. The molecule has 2 aromatic rings. The van der Waals surface area contributed by atoms with E-state index in [9.17, 15) is 24.6 Å². The molecule has 0 radical (unpaired) electrons. The largest absolute Gasteiger partial charge is 0.508 e. The minimum absolute atomic E-state index is 0.0261. The van der Waals surface area contributed by atoms with Gasteiger partial charge in [0, 0.05) is 12.5 Å². The predicted octanol–water partition coefficient (Wildman–Crippen LogP) is 1.90. The maximum atomic E-state index is 12.3. The number of phenolic OH excluding ortho intramolecular Hbond substituents is 2. The third kappa shape index (κ3) is 4.47. The van der Waals surface area contributed by atoms with Crippen LogP contribution < -0.4 is 10.1 Å². The van der Waals surface area contributed by atoms with Crippen molar-refractivity contribution in [3.8, 4) is 17.2 Å². The normalized spacial score (nSPS) is 10.1. The van der Waals surface area contributed by atoms with E-state index in [0.717, 1.165) is 12.1 Å². The molecule has 0 aliphatic rings. The Labute approximate surface area is 142 Å². The van der Waals surface area contributed by atoms with Crippen molar-refractivity contribution < 1.29 is 34.4 Å². The Bertz CT molecular complexity index is 845. The molecule has 0 bridgehead atoms. The Kier molecular flexibility index (Phi) is 5.23. The highest BCUT2D eigenvalue weighted by atomic mass is 16.5. The molecule has 0 spiro atoms. The molecule has 0 saturated heterocycles. The fourth-order valence-corrected chi connectivity index (χ4v) is 2.11. The van der Waals surface area contributed by atoms with Crippen LogP contribution in [0.4, 0.5) is 5.69 Å². The molecule has 0 aromatic heterocycles. The number of rotatable bonds is 5. The lowest BCUT2D eigenvalue weighted by Gasteiger charge is -2.12. The highest BCUT2D eigenvalue weighted by molar-refractivity contribution is 6.07. The highest BCUT2D eigenvalue weighted by Gasteiger charge is 2.18. The molecule has 0 aliphatic heterocycles. The Morgan fingerprint density at radius 1 is 1.08 bits per heavy atom. The molecule has 0 aliphatic carbocycles.